The minimum Gasteiger partial charge on any atom is -0.315 e. The van der Waals surface area contributed by atoms with Gasteiger partial charge in [-0.3, -0.25) is 0 Å². The monoisotopic (exact) mass is 674 g/mol. The number of rotatable bonds is 4. The van der Waals surface area contributed by atoms with Crippen LogP contribution in [0.1, 0.15) is 0 Å². The van der Waals surface area contributed by atoms with Crippen molar-refractivity contribution in [3.8, 4) is 73.2 Å². The summed E-state index contributed by atoms with van der Waals surface area (Å²) in [5.41, 5.74) is 12.7. The SMILES string of the molecule is c1ccc(-c2nc(-c3ccccc3)nc(-c3ccc(-n4cc5c6c(cccc64)-c4ccccc4-c4cc6ccccc6cc4-5)c4ccccc34)n2)cc1. The summed E-state index contributed by atoms with van der Waals surface area (Å²) in [6.45, 7) is 0. The highest BCUT2D eigenvalue weighted by Gasteiger charge is 2.25. The normalized spacial score (nSPS) is 11.8. The van der Waals surface area contributed by atoms with E-state index in [2.05, 4.69) is 126 Å². The van der Waals surface area contributed by atoms with Crippen molar-refractivity contribution in [2.75, 3.05) is 0 Å². The third kappa shape index (κ3) is 4.66. The second-order valence-electron chi connectivity index (χ2n) is 13.6. The summed E-state index contributed by atoms with van der Waals surface area (Å²) in [7, 11) is 0. The first kappa shape index (κ1) is 29.5. The fourth-order valence-electron chi connectivity index (χ4n) is 8.17. The molecule has 1 aliphatic carbocycles. The van der Waals surface area contributed by atoms with Gasteiger partial charge in [-0.1, -0.05) is 146 Å². The van der Waals surface area contributed by atoms with Crippen LogP contribution in [0.3, 0.4) is 0 Å². The summed E-state index contributed by atoms with van der Waals surface area (Å²) in [4.78, 5) is 15.1. The highest BCUT2D eigenvalue weighted by molar-refractivity contribution is 6.16. The van der Waals surface area contributed by atoms with Gasteiger partial charge in [-0.2, -0.15) is 0 Å². The van der Waals surface area contributed by atoms with Crippen molar-refractivity contribution in [3.05, 3.63) is 182 Å². The Labute approximate surface area is 306 Å². The van der Waals surface area contributed by atoms with Gasteiger partial charge in [0.15, 0.2) is 17.5 Å². The summed E-state index contributed by atoms with van der Waals surface area (Å²) in [6.07, 6.45) is 2.35. The molecule has 0 N–H and O–H groups in total. The van der Waals surface area contributed by atoms with Crippen molar-refractivity contribution in [1.82, 2.24) is 19.5 Å². The summed E-state index contributed by atoms with van der Waals surface area (Å²) in [5, 5.41) is 5.95. The Balaban J connectivity index is 1.16. The second kappa shape index (κ2) is 11.7. The molecule has 0 fully saturated rings. The molecule has 10 aromatic rings. The van der Waals surface area contributed by atoms with Crippen LogP contribution in [0, 0.1) is 0 Å². The lowest BCUT2D eigenvalue weighted by atomic mass is 9.91. The van der Waals surface area contributed by atoms with E-state index in [0.29, 0.717) is 17.5 Å². The molecule has 8 aromatic carbocycles. The highest BCUT2D eigenvalue weighted by Crippen LogP contribution is 2.50. The lowest BCUT2D eigenvalue weighted by molar-refractivity contribution is 1.07. The summed E-state index contributed by atoms with van der Waals surface area (Å²) in [6, 6.07) is 62.3. The van der Waals surface area contributed by atoms with Crippen molar-refractivity contribution in [3.63, 3.8) is 0 Å². The van der Waals surface area contributed by atoms with Gasteiger partial charge in [0, 0.05) is 39.2 Å². The molecule has 0 spiro atoms. The number of aromatic nitrogens is 4. The van der Waals surface area contributed by atoms with Crippen LogP contribution < -0.4 is 0 Å². The van der Waals surface area contributed by atoms with Crippen LogP contribution in [-0.2, 0) is 0 Å². The molecule has 2 heterocycles. The number of hydrogen-bond donors (Lipinski definition) is 0. The van der Waals surface area contributed by atoms with Crippen LogP contribution >= 0.6 is 0 Å². The van der Waals surface area contributed by atoms with E-state index in [1.54, 1.807) is 0 Å². The quantitative estimate of drug-likeness (QED) is 0.187. The molecular weight excluding hydrogens is 645 g/mol. The molecule has 0 saturated carbocycles. The van der Waals surface area contributed by atoms with E-state index in [0.717, 1.165) is 33.2 Å². The van der Waals surface area contributed by atoms with Gasteiger partial charge < -0.3 is 4.57 Å². The first-order chi connectivity index (χ1) is 26.3. The van der Waals surface area contributed by atoms with E-state index < -0.39 is 0 Å². The molecule has 4 nitrogen and oxygen atoms in total. The van der Waals surface area contributed by atoms with Gasteiger partial charge in [-0.15, -0.1) is 0 Å². The molecule has 4 heteroatoms. The molecule has 11 rings (SSSR count). The Morgan fingerprint density at radius 1 is 0.340 bits per heavy atom. The van der Waals surface area contributed by atoms with E-state index in [9.17, 15) is 0 Å². The van der Waals surface area contributed by atoms with Crippen LogP contribution in [0.5, 0.6) is 0 Å². The molecule has 0 atom stereocenters. The molecule has 0 saturated heterocycles. The van der Waals surface area contributed by atoms with Crippen molar-refractivity contribution < 1.29 is 0 Å². The molecule has 2 aromatic heterocycles. The first-order valence-electron chi connectivity index (χ1n) is 17.9. The van der Waals surface area contributed by atoms with Gasteiger partial charge in [-0.05, 0) is 74.3 Å². The van der Waals surface area contributed by atoms with E-state index in [4.69, 9.17) is 15.0 Å². The Kier molecular flexibility index (Phi) is 6.52. The van der Waals surface area contributed by atoms with Gasteiger partial charge in [0.25, 0.3) is 0 Å². The largest absolute Gasteiger partial charge is 0.315 e. The summed E-state index contributed by atoms with van der Waals surface area (Å²) < 4.78 is 2.38. The fourth-order valence-corrected chi connectivity index (χ4v) is 8.17. The third-order valence-corrected chi connectivity index (χ3v) is 10.6. The fraction of sp³-hybridized carbons (Fsp3) is 0. The second-order valence-corrected chi connectivity index (χ2v) is 13.6. The minimum absolute atomic E-state index is 0.646. The molecule has 1 aliphatic rings. The van der Waals surface area contributed by atoms with Crippen molar-refractivity contribution in [1.29, 1.82) is 0 Å². The average Bonchev–Trinajstić information content (AvgIpc) is 3.58. The zero-order chi connectivity index (χ0) is 34.9. The summed E-state index contributed by atoms with van der Waals surface area (Å²) in [5.74, 6) is 1.95. The number of benzene rings is 8. The Hall–Kier alpha value is -7.17. The summed E-state index contributed by atoms with van der Waals surface area (Å²) >= 11 is 0. The molecule has 0 unspecified atom stereocenters. The van der Waals surface area contributed by atoms with Crippen LogP contribution in [0.4, 0.5) is 0 Å². The molecule has 0 radical (unpaired) electrons. The maximum atomic E-state index is 5.09. The number of hydrogen-bond acceptors (Lipinski definition) is 3. The smallest absolute Gasteiger partial charge is 0.164 e. The highest BCUT2D eigenvalue weighted by atomic mass is 15.0. The maximum Gasteiger partial charge on any atom is 0.164 e. The number of fused-ring (bicyclic) bond motifs is 7. The zero-order valence-electron chi connectivity index (χ0n) is 28.6. The van der Waals surface area contributed by atoms with Crippen LogP contribution in [0.25, 0.3) is 106 Å². The van der Waals surface area contributed by atoms with Gasteiger partial charge in [0.05, 0.1) is 11.2 Å². The van der Waals surface area contributed by atoms with E-state index >= 15 is 0 Å². The number of nitrogens with zero attached hydrogens (tertiary/aromatic N) is 4. The van der Waals surface area contributed by atoms with Crippen molar-refractivity contribution in [2.24, 2.45) is 0 Å². The van der Waals surface area contributed by atoms with Gasteiger partial charge in [0.1, 0.15) is 0 Å². The van der Waals surface area contributed by atoms with Gasteiger partial charge in [-0.25, -0.2) is 15.0 Å². The topological polar surface area (TPSA) is 43.6 Å². The molecule has 53 heavy (non-hydrogen) atoms. The Morgan fingerprint density at radius 2 is 0.868 bits per heavy atom. The zero-order valence-corrected chi connectivity index (χ0v) is 28.6. The van der Waals surface area contributed by atoms with E-state index in [1.807, 2.05) is 60.7 Å². The Bertz CT molecular complexity index is 2990. The lowest BCUT2D eigenvalue weighted by Gasteiger charge is -2.15. The molecule has 0 bridgehead atoms. The third-order valence-electron chi connectivity index (χ3n) is 10.6. The van der Waals surface area contributed by atoms with Crippen LogP contribution in [0.2, 0.25) is 0 Å². The van der Waals surface area contributed by atoms with E-state index in [1.165, 1.54) is 55.1 Å². The standard InChI is InChI=1S/C49H30N4/c1-3-14-31(15-4-1)47-50-48(32-16-5-2-6-17-32)52-49(51-47)40-26-27-44(38-23-12-11-22-37(38)40)53-30-43-42-29-34-19-8-7-18-33(34)28-41(42)36-21-10-9-20-35(36)39-24-13-25-45(53)46(39)43/h1-30H. The first-order valence-corrected chi connectivity index (χ1v) is 17.9. The van der Waals surface area contributed by atoms with E-state index in [-0.39, 0.29) is 0 Å². The Morgan fingerprint density at radius 3 is 1.55 bits per heavy atom. The predicted molar refractivity (Wildman–Crippen MR) is 218 cm³/mol. The van der Waals surface area contributed by atoms with Gasteiger partial charge >= 0.3 is 0 Å². The molecular formula is C49H30N4. The minimum atomic E-state index is 0.646. The molecule has 0 aliphatic heterocycles. The molecule has 246 valence electrons. The maximum absolute atomic E-state index is 5.09. The predicted octanol–water partition coefficient (Wildman–Crippen LogP) is 12.4. The van der Waals surface area contributed by atoms with Crippen LogP contribution in [-0.4, -0.2) is 19.5 Å². The van der Waals surface area contributed by atoms with Gasteiger partial charge in [0.2, 0.25) is 0 Å². The average molecular weight is 675 g/mol. The lowest BCUT2D eigenvalue weighted by Crippen LogP contribution is -2.01. The van der Waals surface area contributed by atoms with Crippen molar-refractivity contribution >= 4 is 32.4 Å². The van der Waals surface area contributed by atoms with Crippen LogP contribution in [0.15, 0.2) is 182 Å². The van der Waals surface area contributed by atoms with Crippen molar-refractivity contribution in [2.45, 2.75) is 0 Å². The molecule has 0 amide bonds.